The zero-order valence-corrected chi connectivity index (χ0v) is 18.4. The molecule has 32 heavy (non-hydrogen) atoms. The second-order valence-corrected chi connectivity index (χ2v) is 9.53. The zero-order chi connectivity index (χ0) is 22.4. The number of amides is 1. The van der Waals surface area contributed by atoms with E-state index in [-0.39, 0.29) is 10.8 Å². The van der Waals surface area contributed by atoms with Crippen molar-refractivity contribution in [3.63, 3.8) is 0 Å². The molecule has 0 atom stereocenters. The highest BCUT2D eigenvalue weighted by atomic mass is 32.2. The van der Waals surface area contributed by atoms with E-state index in [4.69, 9.17) is 4.74 Å². The highest BCUT2D eigenvalue weighted by molar-refractivity contribution is 7.89. The third-order valence-electron chi connectivity index (χ3n) is 5.28. The first-order chi connectivity index (χ1) is 15.5. The Morgan fingerprint density at radius 2 is 1.75 bits per heavy atom. The predicted octanol–water partition coefficient (Wildman–Crippen LogP) is 3.98. The van der Waals surface area contributed by atoms with Crippen LogP contribution in [0.1, 0.15) is 35.2 Å². The maximum atomic E-state index is 12.8. The van der Waals surface area contributed by atoms with Gasteiger partial charge in [-0.2, -0.15) is 4.31 Å². The van der Waals surface area contributed by atoms with Gasteiger partial charge >= 0.3 is 0 Å². The van der Waals surface area contributed by atoms with E-state index in [0.717, 1.165) is 24.8 Å². The van der Waals surface area contributed by atoms with E-state index in [1.54, 1.807) is 24.4 Å². The average Bonchev–Trinajstić information content (AvgIpc) is 2.84. The van der Waals surface area contributed by atoms with Crippen molar-refractivity contribution < 1.29 is 17.9 Å². The molecule has 4 rings (SSSR count). The number of nitrogens with one attached hydrogen (secondary N) is 1. The van der Waals surface area contributed by atoms with Gasteiger partial charge in [0.2, 0.25) is 15.9 Å². The number of hydrogen-bond acceptors (Lipinski definition) is 5. The molecule has 1 saturated heterocycles. The fourth-order valence-corrected chi connectivity index (χ4v) is 5.08. The number of pyridine rings is 1. The number of piperidine rings is 1. The fourth-order valence-electron chi connectivity index (χ4n) is 3.56. The minimum Gasteiger partial charge on any atom is -0.439 e. The van der Waals surface area contributed by atoms with Crippen molar-refractivity contribution in [3.8, 4) is 11.6 Å². The number of sulfonamides is 1. The number of benzene rings is 2. The van der Waals surface area contributed by atoms with Crippen LogP contribution >= 0.6 is 0 Å². The molecule has 2 aromatic carbocycles. The highest BCUT2D eigenvalue weighted by Crippen LogP contribution is 2.22. The van der Waals surface area contributed by atoms with Crippen molar-refractivity contribution in [2.75, 3.05) is 13.1 Å². The molecule has 7 nitrogen and oxygen atoms in total. The first-order valence-corrected chi connectivity index (χ1v) is 12.0. The van der Waals surface area contributed by atoms with Crippen LogP contribution in [-0.4, -0.2) is 36.7 Å². The molecular weight excluding hydrogens is 426 g/mol. The van der Waals surface area contributed by atoms with Crippen molar-refractivity contribution in [2.45, 2.75) is 30.7 Å². The second-order valence-electron chi connectivity index (χ2n) is 7.59. The summed E-state index contributed by atoms with van der Waals surface area (Å²) in [5, 5.41) is 2.86. The molecule has 1 aliphatic heterocycles. The molecule has 3 aromatic rings. The van der Waals surface area contributed by atoms with E-state index in [2.05, 4.69) is 10.3 Å². The monoisotopic (exact) mass is 451 g/mol. The molecule has 2 heterocycles. The van der Waals surface area contributed by atoms with Gasteiger partial charge in [-0.3, -0.25) is 4.79 Å². The number of rotatable bonds is 7. The Bertz CT molecular complexity index is 1160. The first-order valence-electron chi connectivity index (χ1n) is 10.6. The Balaban J connectivity index is 1.37. The van der Waals surface area contributed by atoms with Crippen LogP contribution in [0.25, 0.3) is 0 Å². The summed E-state index contributed by atoms with van der Waals surface area (Å²) in [6.45, 7) is 1.41. The van der Waals surface area contributed by atoms with E-state index < -0.39 is 10.0 Å². The lowest BCUT2D eigenvalue weighted by Gasteiger charge is -2.25. The molecule has 0 aliphatic carbocycles. The molecule has 8 heteroatoms. The van der Waals surface area contributed by atoms with E-state index in [1.165, 1.54) is 16.4 Å². The number of nitrogens with zero attached hydrogens (tertiary/aromatic N) is 2. The van der Waals surface area contributed by atoms with Crippen molar-refractivity contribution >= 4 is 15.9 Å². The molecule has 0 saturated carbocycles. The molecule has 1 aliphatic rings. The molecule has 1 aromatic heterocycles. The highest BCUT2D eigenvalue weighted by Gasteiger charge is 2.25. The summed E-state index contributed by atoms with van der Waals surface area (Å²) >= 11 is 0. The Morgan fingerprint density at radius 3 is 2.47 bits per heavy atom. The summed E-state index contributed by atoms with van der Waals surface area (Å²) < 4.78 is 32.7. The van der Waals surface area contributed by atoms with Gasteiger partial charge in [0, 0.05) is 37.5 Å². The van der Waals surface area contributed by atoms with Crippen molar-refractivity contribution in [2.24, 2.45) is 0 Å². The second kappa shape index (κ2) is 9.93. The third-order valence-corrected chi connectivity index (χ3v) is 7.19. The van der Waals surface area contributed by atoms with Gasteiger partial charge in [0.05, 0.1) is 4.90 Å². The van der Waals surface area contributed by atoms with Crippen molar-refractivity contribution in [3.05, 3.63) is 84.1 Å². The maximum Gasteiger partial charge on any atom is 0.251 e. The SMILES string of the molecule is O=C(NCc1cccc(Oc2ccccn2)c1)c1ccc(S(=O)(=O)N2CCCCC2)cc1. The summed E-state index contributed by atoms with van der Waals surface area (Å²) in [7, 11) is -3.51. The van der Waals surface area contributed by atoms with Crippen LogP contribution in [0, 0.1) is 0 Å². The number of ether oxygens (including phenoxy) is 1. The predicted molar refractivity (Wildman–Crippen MR) is 121 cm³/mol. The van der Waals surface area contributed by atoms with Gasteiger partial charge in [0.15, 0.2) is 0 Å². The molecule has 0 spiro atoms. The lowest BCUT2D eigenvalue weighted by molar-refractivity contribution is 0.0950. The first kappa shape index (κ1) is 22.0. The normalized spacial score (nSPS) is 14.6. The Hall–Kier alpha value is -3.23. The van der Waals surface area contributed by atoms with Crippen LogP contribution in [0.2, 0.25) is 0 Å². The lowest BCUT2D eigenvalue weighted by atomic mass is 10.2. The summed E-state index contributed by atoms with van der Waals surface area (Å²) in [6, 6.07) is 18.9. The molecule has 1 N–H and O–H groups in total. The molecule has 1 fully saturated rings. The van der Waals surface area contributed by atoms with Crippen molar-refractivity contribution in [1.29, 1.82) is 0 Å². The topological polar surface area (TPSA) is 88.6 Å². The van der Waals surface area contributed by atoms with E-state index >= 15 is 0 Å². The average molecular weight is 452 g/mol. The van der Waals surface area contributed by atoms with Crippen LogP contribution in [0.3, 0.4) is 0 Å². The standard InChI is InChI=1S/C24H25N3O4S/c28-24(20-10-12-22(13-11-20)32(29,30)27-15-4-1-5-16-27)26-18-19-7-6-8-21(17-19)31-23-9-2-3-14-25-23/h2-3,6-14,17H,1,4-5,15-16,18H2,(H,26,28). The number of hydrogen-bond donors (Lipinski definition) is 1. The smallest absolute Gasteiger partial charge is 0.251 e. The molecule has 0 bridgehead atoms. The molecule has 1 amide bonds. The van der Waals surface area contributed by atoms with Crippen LogP contribution in [0.4, 0.5) is 0 Å². The molecular formula is C24H25N3O4S. The quantitative estimate of drug-likeness (QED) is 0.587. The largest absolute Gasteiger partial charge is 0.439 e. The van der Waals surface area contributed by atoms with Crippen LogP contribution in [0.5, 0.6) is 11.6 Å². The molecule has 166 valence electrons. The Labute approximate surface area is 188 Å². The number of carbonyl (C=O) groups excluding carboxylic acids is 1. The van der Waals surface area contributed by atoms with Gasteiger partial charge in [-0.25, -0.2) is 13.4 Å². The van der Waals surface area contributed by atoms with Gasteiger partial charge < -0.3 is 10.1 Å². The van der Waals surface area contributed by atoms with Gasteiger partial charge in [0.25, 0.3) is 5.91 Å². The number of aromatic nitrogens is 1. The maximum absolute atomic E-state index is 12.8. The van der Waals surface area contributed by atoms with Gasteiger partial charge in [-0.15, -0.1) is 0 Å². The third kappa shape index (κ3) is 5.33. The summed E-state index contributed by atoms with van der Waals surface area (Å²) in [5.41, 5.74) is 1.28. The van der Waals surface area contributed by atoms with E-state index in [0.29, 0.717) is 36.8 Å². The lowest BCUT2D eigenvalue weighted by Crippen LogP contribution is -2.35. The minimum absolute atomic E-state index is 0.218. The summed E-state index contributed by atoms with van der Waals surface area (Å²) in [4.78, 5) is 16.9. The summed E-state index contributed by atoms with van der Waals surface area (Å²) in [5.74, 6) is 0.846. The molecule has 0 unspecified atom stereocenters. The van der Waals surface area contributed by atoms with E-state index in [1.807, 2.05) is 36.4 Å². The number of carbonyl (C=O) groups is 1. The zero-order valence-electron chi connectivity index (χ0n) is 17.6. The molecule has 0 radical (unpaired) electrons. The fraction of sp³-hybridized carbons (Fsp3) is 0.250. The van der Waals surface area contributed by atoms with Gasteiger partial charge in [-0.1, -0.05) is 24.6 Å². The van der Waals surface area contributed by atoms with Gasteiger partial charge in [0.1, 0.15) is 5.75 Å². The Morgan fingerprint density at radius 1 is 0.969 bits per heavy atom. The van der Waals surface area contributed by atoms with Crippen LogP contribution in [-0.2, 0) is 16.6 Å². The van der Waals surface area contributed by atoms with Crippen LogP contribution < -0.4 is 10.1 Å². The Kier molecular flexibility index (Phi) is 6.82. The van der Waals surface area contributed by atoms with E-state index in [9.17, 15) is 13.2 Å². The van der Waals surface area contributed by atoms with Crippen LogP contribution in [0.15, 0.2) is 77.8 Å². The summed E-state index contributed by atoms with van der Waals surface area (Å²) in [6.07, 6.45) is 4.48. The van der Waals surface area contributed by atoms with Crippen molar-refractivity contribution in [1.82, 2.24) is 14.6 Å². The van der Waals surface area contributed by atoms with Gasteiger partial charge in [-0.05, 0) is 60.9 Å². The minimum atomic E-state index is -3.51.